The van der Waals surface area contributed by atoms with Crippen LogP contribution in [0.2, 0.25) is 0 Å². The number of fused-ring (bicyclic) bond motifs is 2. The van der Waals surface area contributed by atoms with Crippen molar-refractivity contribution < 1.29 is 9.84 Å². The van der Waals surface area contributed by atoms with Crippen molar-refractivity contribution in [1.82, 2.24) is 4.90 Å². The summed E-state index contributed by atoms with van der Waals surface area (Å²) in [6, 6.07) is 0.259. The summed E-state index contributed by atoms with van der Waals surface area (Å²) in [5.74, 6) is 1.58. The van der Waals surface area contributed by atoms with E-state index in [1.165, 1.54) is 36.1 Å². The summed E-state index contributed by atoms with van der Waals surface area (Å²) in [5, 5.41) is 10.0. The Kier molecular flexibility index (Phi) is 4.48. The molecule has 0 saturated carbocycles. The highest BCUT2D eigenvalue weighted by Crippen LogP contribution is 2.41. The van der Waals surface area contributed by atoms with Gasteiger partial charge >= 0.3 is 0 Å². The topological polar surface area (TPSA) is 58.7 Å². The molecule has 1 saturated heterocycles. The summed E-state index contributed by atoms with van der Waals surface area (Å²) in [7, 11) is 1.63. The number of unbranched alkanes of at least 4 members (excludes halogenated alkanes) is 1. The van der Waals surface area contributed by atoms with E-state index in [1.54, 1.807) is 7.11 Å². The van der Waals surface area contributed by atoms with E-state index in [9.17, 15) is 5.11 Å². The van der Waals surface area contributed by atoms with Crippen molar-refractivity contribution >= 4 is 0 Å². The van der Waals surface area contributed by atoms with Crippen LogP contribution in [0.1, 0.15) is 45.4 Å². The van der Waals surface area contributed by atoms with Gasteiger partial charge in [-0.15, -0.1) is 0 Å². The smallest absolute Gasteiger partial charge is 0.153 e. The summed E-state index contributed by atoms with van der Waals surface area (Å²) in [6.45, 7) is 4.38. The molecular formula is C18H28N2O2. The Morgan fingerprint density at radius 1 is 1.45 bits per heavy atom. The highest BCUT2D eigenvalue weighted by Gasteiger charge is 2.35. The second-order valence-electron chi connectivity index (χ2n) is 6.75. The van der Waals surface area contributed by atoms with E-state index in [2.05, 4.69) is 11.8 Å². The highest BCUT2D eigenvalue weighted by molar-refractivity contribution is 5.47. The first kappa shape index (κ1) is 15.5. The van der Waals surface area contributed by atoms with Crippen molar-refractivity contribution in [3.05, 3.63) is 34.4 Å². The first-order chi connectivity index (χ1) is 10.6. The largest absolute Gasteiger partial charge is 0.504 e. The van der Waals surface area contributed by atoms with Crippen molar-refractivity contribution in [1.29, 1.82) is 0 Å². The number of piperidine rings is 1. The zero-order valence-corrected chi connectivity index (χ0v) is 13.8. The molecule has 0 aromatic carbocycles. The third-order valence-corrected chi connectivity index (χ3v) is 5.37. The maximum absolute atomic E-state index is 10.0. The predicted molar refractivity (Wildman–Crippen MR) is 88.2 cm³/mol. The summed E-state index contributed by atoms with van der Waals surface area (Å²) >= 11 is 0. The third kappa shape index (κ3) is 2.76. The van der Waals surface area contributed by atoms with Crippen LogP contribution >= 0.6 is 0 Å². The zero-order chi connectivity index (χ0) is 15.7. The number of hydrogen-bond acceptors (Lipinski definition) is 4. The fourth-order valence-electron chi connectivity index (χ4n) is 4.00. The van der Waals surface area contributed by atoms with Crippen LogP contribution in [-0.4, -0.2) is 36.2 Å². The molecule has 2 aliphatic heterocycles. The SMILES string of the molecule is CCCC[C@@H]1CN2CCC3=CC(O)=C(OC)CC3=C2C[C@H]1N. The number of aliphatic hydroxyl groups excluding tert-OH is 1. The van der Waals surface area contributed by atoms with Crippen LogP contribution in [0.4, 0.5) is 0 Å². The third-order valence-electron chi connectivity index (χ3n) is 5.37. The van der Waals surface area contributed by atoms with Crippen LogP contribution in [0.25, 0.3) is 0 Å². The molecule has 0 aromatic rings. The minimum Gasteiger partial charge on any atom is -0.504 e. The van der Waals surface area contributed by atoms with E-state index < -0.39 is 0 Å². The molecule has 4 nitrogen and oxygen atoms in total. The molecule has 2 heterocycles. The van der Waals surface area contributed by atoms with Crippen LogP contribution in [0.15, 0.2) is 34.4 Å². The maximum atomic E-state index is 10.0. The van der Waals surface area contributed by atoms with Gasteiger partial charge in [0, 0.05) is 37.7 Å². The Morgan fingerprint density at radius 3 is 3.00 bits per heavy atom. The zero-order valence-electron chi connectivity index (χ0n) is 13.8. The number of ether oxygens (including phenoxy) is 1. The van der Waals surface area contributed by atoms with Crippen LogP contribution < -0.4 is 5.73 Å². The molecule has 0 radical (unpaired) electrons. The second-order valence-corrected chi connectivity index (χ2v) is 6.75. The Bertz CT molecular complexity index is 533. The molecule has 0 unspecified atom stereocenters. The molecule has 1 fully saturated rings. The van der Waals surface area contributed by atoms with Crippen molar-refractivity contribution in [2.45, 2.75) is 51.5 Å². The Labute approximate surface area is 133 Å². The van der Waals surface area contributed by atoms with Crippen molar-refractivity contribution in [3.63, 3.8) is 0 Å². The summed E-state index contributed by atoms with van der Waals surface area (Å²) < 4.78 is 5.33. The molecule has 0 amide bonds. The quantitative estimate of drug-likeness (QED) is 0.837. The lowest BCUT2D eigenvalue weighted by Gasteiger charge is -2.45. The normalized spacial score (nSPS) is 28.3. The minimum atomic E-state index is 0.259. The van der Waals surface area contributed by atoms with Gasteiger partial charge in [-0.05, 0) is 36.0 Å². The van der Waals surface area contributed by atoms with E-state index in [0.29, 0.717) is 18.1 Å². The second kappa shape index (κ2) is 6.37. The molecule has 0 spiro atoms. The van der Waals surface area contributed by atoms with Crippen molar-refractivity contribution in [2.24, 2.45) is 11.7 Å². The fraction of sp³-hybridized carbons (Fsp3) is 0.667. The average molecular weight is 304 g/mol. The Morgan fingerprint density at radius 2 is 2.27 bits per heavy atom. The van der Waals surface area contributed by atoms with Gasteiger partial charge in [0.2, 0.25) is 0 Å². The molecule has 3 aliphatic rings. The van der Waals surface area contributed by atoms with E-state index in [-0.39, 0.29) is 11.8 Å². The minimum absolute atomic E-state index is 0.259. The van der Waals surface area contributed by atoms with Gasteiger partial charge in [-0.3, -0.25) is 0 Å². The monoisotopic (exact) mass is 304 g/mol. The Hall–Kier alpha value is -1.42. The number of allylic oxidation sites excluding steroid dienone is 2. The summed E-state index contributed by atoms with van der Waals surface area (Å²) in [5.41, 5.74) is 10.5. The van der Waals surface area contributed by atoms with Gasteiger partial charge in [-0.25, -0.2) is 0 Å². The van der Waals surface area contributed by atoms with Crippen molar-refractivity contribution in [2.75, 3.05) is 20.2 Å². The average Bonchev–Trinajstić information content (AvgIpc) is 2.52. The molecule has 4 heteroatoms. The van der Waals surface area contributed by atoms with Gasteiger partial charge in [0.1, 0.15) is 5.76 Å². The van der Waals surface area contributed by atoms with E-state index in [0.717, 1.165) is 25.9 Å². The van der Waals surface area contributed by atoms with Gasteiger partial charge in [0.05, 0.1) is 7.11 Å². The molecule has 3 rings (SSSR count). The highest BCUT2D eigenvalue weighted by atomic mass is 16.5. The predicted octanol–water partition coefficient (Wildman–Crippen LogP) is 3.23. The maximum Gasteiger partial charge on any atom is 0.153 e. The van der Waals surface area contributed by atoms with Gasteiger partial charge in [0.25, 0.3) is 0 Å². The molecule has 1 aliphatic carbocycles. The standard InChI is InChI=1S/C18H28N2O2/c1-3-4-5-13-11-20-7-6-12-8-17(21)18(22-2)9-14(12)16(20)10-15(13)19/h8,13,15,21H,3-7,9-11,19H2,1-2H3/t13-,15-/m1/s1. The lowest BCUT2D eigenvalue weighted by Crippen LogP contribution is -2.48. The molecule has 0 bridgehead atoms. The van der Waals surface area contributed by atoms with Crippen LogP contribution in [0.3, 0.4) is 0 Å². The Balaban J connectivity index is 1.83. The molecule has 0 aromatic heterocycles. The molecule has 2 atom stereocenters. The number of nitrogens with two attached hydrogens (primary N) is 1. The van der Waals surface area contributed by atoms with E-state index in [1.807, 2.05) is 6.08 Å². The van der Waals surface area contributed by atoms with Crippen LogP contribution in [0, 0.1) is 5.92 Å². The van der Waals surface area contributed by atoms with Crippen LogP contribution in [-0.2, 0) is 4.74 Å². The van der Waals surface area contributed by atoms with Crippen LogP contribution in [0.5, 0.6) is 0 Å². The lowest BCUT2D eigenvalue weighted by molar-refractivity contribution is 0.182. The molecule has 122 valence electrons. The fourth-order valence-corrected chi connectivity index (χ4v) is 4.00. The van der Waals surface area contributed by atoms with E-state index in [4.69, 9.17) is 10.5 Å². The van der Waals surface area contributed by atoms with E-state index >= 15 is 0 Å². The number of aliphatic hydroxyl groups is 1. The summed E-state index contributed by atoms with van der Waals surface area (Å²) in [6.07, 6.45) is 8.31. The first-order valence-electron chi connectivity index (χ1n) is 8.53. The van der Waals surface area contributed by atoms with Gasteiger partial charge < -0.3 is 20.5 Å². The molecular weight excluding hydrogens is 276 g/mol. The lowest BCUT2D eigenvalue weighted by atomic mass is 9.80. The summed E-state index contributed by atoms with van der Waals surface area (Å²) in [4.78, 5) is 2.53. The number of nitrogens with zero attached hydrogens (tertiary/aromatic N) is 1. The first-order valence-corrected chi connectivity index (χ1v) is 8.53. The number of hydrogen-bond donors (Lipinski definition) is 2. The van der Waals surface area contributed by atoms with Crippen molar-refractivity contribution in [3.8, 4) is 0 Å². The van der Waals surface area contributed by atoms with Gasteiger partial charge in [-0.1, -0.05) is 19.8 Å². The van der Waals surface area contributed by atoms with Gasteiger partial charge in [-0.2, -0.15) is 0 Å². The molecule has 3 N–H and O–H groups in total. The number of rotatable bonds is 4. The molecule has 22 heavy (non-hydrogen) atoms. The number of methoxy groups -OCH3 is 1. The van der Waals surface area contributed by atoms with Gasteiger partial charge in [0.15, 0.2) is 5.76 Å².